The maximum Gasteiger partial charge on any atom is 0.194 e. The van der Waals surface area contributed by atoms with Crippen LogP contribution in [0, 0.1) is 0 Å². The lowest BCUT2D eigenvalue weighted by Crippen LogP contribution is -2.52. The van der Waals surface area contributed by atoms with E-state index < -0.39 is 5.60 Å². The molecule has 0 aliphatic carbocycles. The number of aliphatic imine (C=N–C) groups is 1. The lowest BCUT2D eigenvalue weighted by Gasteiger charge is -2.36. The molecule has 0 aromatic carbocycles. The second-order valence-corrected chi connectivity index (χ2v) is 8.69. The first-order valence-corrected chi connectivity index (χ1v) is 10.4. The minimum absolute atomic E-state index is 0. The number of piperazine rings is 1. The fourth-order valence-corrected chi connectivity index (χ4v) is 4.22. The molecule has 1 unspecified atom stereocenters. The molecule has 0 amide bonds. The highest BCUT2D eigenvalue weighted by Crippen LogP contribution is 2.23. The zero-order valence-electron chi connectivity index (χ0n) is 16.2. The Bertz CT molecular complexity index is 743. The Morgan fingerprint density at radius 3 is 2.64 bits per heavy atom. The fourth-order valence-electron chi connectivity index (χ4n) is 3.09. The number of furan rings is 1. The van der Waals surface area contributed by atoms with E-state index in [-0.39, 0.29) is 30.5 Å². The molecule has 0 bridgehead atoms. The van der Waals surface area contributed by atoms with Crippen LogP contribution in [-0.4, -0.2) is 60.1 Å². The first-order chi connectivity index (χ1) is 13.0. The standard InChI is InChI=1S/C19H27ClN4O2S.HI/c1-3-21-18(22-14-19(2,25)16-5-4-12-26-16)24-10-8-23(9-11-24)13-15-6-7-17(20)27-15;/h4-7,12,25H,3,8-11,13-14H2,1-2H3,(H,21,22);1H. The van der Waals surface area contributed by atoms with Gasteiger partial charge in [0.1, 0.15) is 11.4 Å². The van der Waals surface area contributed by atoms with Crippen molar-refractivity contribution < 1.29 is 9.52 Å². The normalized spacial score (nSPS) is 17.9. The van der Waals surface area contributed by atoms with Crippen molar-refractivity contribution in [2.45, 2.75) is 26.0 Å². The minimum Gasteiger partial charge on any atom is -0.466 e. The predicted octanol–water partition coefficient (Wildman–Crippen LogP) is 3.60. The van der Waals surface area contributed by atoms with Gasteiger partial charge in [-0.2, -0.15) is 0 Å². The summed E-state index contributed by atoms with van der Waals surface area (Å²) in [5.74, 6) is 1.37. The lowest BCUT2D eigenvalue weighted by atomic mass is 10.0. The maximum atomic E-state index is 10.6. The van der Waals surface area contributed by atoms with Crippen molar-refractivity contribution in [3.05, 3.63) is 45.5 Å². The van der Waals surface area contributed by atoms with Crippen LogP contribution in [0.1, 0.15) is 24.5 Å². The summed E-state index contributed by atoms with van der Waals surface area (Å²) >= 11 is 7.67. The van der Waals surface area contributed by atoms with Crippen LogP contribution >= 0.6 is 46.9 Å². The molecule has 28 heavy (non-hydrogen) atoms. The second-order valence-electron chi connectivity index (χ2n) is 6.89. The highest BCUT2D eigenvalue weighted by atomic mass is 127. The average molecular weight is 539 g/mol. The first-order valence-electron chi connectivity index (χ1n) is 9.24. The molecule has 2 aromatic rings. The number of halogens is 2. The number of rotatable bonds is 6. The zero-order chi connectivity index (χ0) is 19.3. The fraction of sp³-hybridized carbons (Fsp3) is 0.526. The van der Waals surface area contributed by atoms with E-state index in [0.717, 1.165) is 49.6 Å². The van der Waals surface area contributed by atoms with Gasteiger partial charge in [0.15, 0.2) is 5.96 Å². The van der Waals surface area contributed by atoms with E-state index in [0.29, 0.717) is 5.76 Å². The van der Waals surface area contributed by atoms with Gasteiger partial charge in [0, 0.05) is 44.1 Å². The summed E-state index contributed by atoms with van der Waals surface area (Å²) in [5.41, 5.74) is -1.12. The van der Waals surface area contributed by atoms with Crippen LogP contribution in [0.25, 0.3) is 0 Å². The van der Waals surface area contributed by atoms with Crippen molar-refractivity contribution in [2.75, 3.05) is 39.3 Å². The van der Waals surface area contributed by atoms with Gasteiger partial charge in [0.05, 0.1) is 17.1 Å². The average Bonchev–Trinajstić information content (AvgIpc) is 3.32. The molecule has 3 rings (SSSR count). The Morgan fingerprint density at radius 1 is 1.32 bits per heavy atom. The summed E-state index contributed by atoms with van der Waals surface area (Å²) in [6.45, 7) is 9.48. The number of hydrogen-bond acceptors (Lipinski definition) is 5. The number of guanidine groups is 1. The van der Waals surface area contributed by atoms with Gasteiger partial charge >= 0.3 is 0 Å². The molecule has 1 fully saturated rings. The topological polar surface area (TPSA) is 64.2 Å². The molecule has 0 radical (unpaired) electrons. The van der Waals surface area contributed by atoms with Crippen molar-refractivity contribution >= 4 is 52.9 Å². The number of hydrogen-bond donors (Lipinski definition) is 2. The Morgan fingerprint density at radius 2 is 2.07 bits per heavy atom. The van der Waals surface area contributed by atoms with Gasteiger partial charge < -0.3 is 19.7 Å². The molecular formula is C19H28ClIN4O2S. The maximum absolute atomic E-state index is 10.6. The largest absolute Gasteiger partial charge is 0.466 e. The van der Waals surface area contributed by atoms with E-state index in [2.05, 4.69) is 33.1 Å². The van der Waals surface area contributed by atoms with Crippen LogP contribution in [0.15, 0.2) is 39.9 Å². The molecule has 156 valence electrons. The Hall–Kier alpha value is -0.810. The van der Waals surface area contributed by atoms with E-state index in [1.54, 1.807) is 36.7 Å². The molecule has 1 atom stereocenters. The van der Waals surface area contributed by atoms with Gasteiger partial charge in [-0.05, 0) is 38.1 Å². The van der Waals surface area contributed by atoms with E-state index in [1.807, 2.05) is 6.07 Å². The highest BCUT2D eigenvalue weighted by molar-refractivity contribution is 14.0. The summed E-state index contributed by atoms with van der Waals surface area (Å²) in [5, 5.41) is 14.0. The van der Waals surface area contributed by atoms with Crippen LogP contribution < -0.4 is 5.32 Å². The van der Waals surface area contributed by atoms with E-state index >= 15 is 0 Å². The lowest BCUT2D eigenvalue weighted by molar-refractivity contribution is 0.0433. The Balaban J connectivity index is 0.00000280. The van der Waals surface area contributed by atoms with Crippen LogP contribution in [-0.2, 0) is 12.1 Å². The molecule has 3 heterocycles. The van der Waals surface area contributed by atoms with Crippen molar-refractivity contribution in [1.82, 2.24) is 15.1 Å². The van der Waals surface area contributed by atoms with Gasteiger partial charge in [-0.3, -0.25) is 4.90 Å². The third kappa shape index (κ3) is 6.35. The summed E-state index contributed by atoms with van der Waals surface area (Å²) in [4.78, 5) is 10.6. The molecule has 1 aliphatic heterocycles. The molecule has 2 aromatic heterocycles. The van der Waals surface area contributed by atoms with E-state index in [9.17, 15) is 5.11 Å². The summed E-state index contributed by atoms with van der Waals surface area (Å²) in [6.07, 6.45) is 1.57. The summed E-state index contributed by atoms with van der Waals surface area (Å²) in [6, 6.07) is 7.61. The molecule has 2 N–H and O–H groups in total. The van der Waals surface area contributed by atoms with Gasteiger partial charge in [0.25, 0.3) is 0 Å². The summed E-state index contributed by atoms with van der Waals surface area (Å²) in [7, 11) is 0. The zero-order valence-corrected chi connectivity index (χ0v) is 20.1. The molecule has 0 saturated carbocycles. The van der Waals surface area contributed by atoms with Crippen LogP contribution in [0.5, 0.6) is 0 Å². The van der Waals surface area contributed by atoms with Crippen molar-refractivity contribution in [2.24, 2.45) is 4.99 Å². The van der Waals surface area contributed by atoms with E-state index in [4.69, 9.17) is 16.0 Å². The number of thiophene rings is 1. The quantitative estimate of drug-likeness (QED) is 0.334. The predicted molar refractivity (Wildman–Crippen MR) is 126 cm³/mol. The van der Waals surface area contributed by atoms with Gasteiger partial charge in [-0.15, -0.1) is 35.3 Å². The minimum atomic E-state index is -1.12. The Labute approximate surface area is 192 Å². The second kappa shape index (κ2) is 10.8. The Kier molecular flexibility index (Phi) is 9.07. The molecular weight excluding hydrogens is 511 g/mol. The molecule has 9 heteroatoms. The third-order valence-corrected chi connectivity index (χ3v) is 5.82. The molecule has 1 aliphatic rings. The molecule has 0 spiro atoms. The first kappa shape index (κ1) is 23.5. The number of nitrogens with zero attached hydrogens (tertiary/aromatic N) is 3. The molecule has 1 saturated heterocycles. The van der Waals surface area contributed by atoms with E-state index in [1.165, 1.54) is 4.88 Å². The summed E-state index contributed by atoms with van der Waals surface area (Å²) < 4.78 is 6.18. The van der Waals surface area contributed by atoms with Gasteiger partial charge in [0.2, 0.25) is 0 Å². The van der Waals surface area contributed by atoms with Crippen molar-refractivity contribution in [3.8, 4) is 0 Å². The molecule has 6 nitrogen and oxygen atoms in total. The smallest absolute Gasteiger partial charge is 0.194 e. The monoisotopic (exact) mass is 538 g/mol. The number of nitrogens with one attached hydrogen (secondary N) is 1. The highest BCUT2D eigenvalue weighted by Gasteiger charge is 2.27. The van der Waals surface area contributed by atoms with Crippen LogP contribution in [0.3, 0.4) is 0 Å². The van der Waals surface area contributed by atoms with Gasteiger partial charge in [-0.1, -0.05) is 11.6 Å². The SMILES string of the molecule is CCNC(=NCC(C)(O)c1ccco1)N1CCN(Cc2ccc(Cl)s2)CC1.I. The number of aliphatic hydroxyl groups is 1. The van der Waals surface area contributed by atoms with Crippen molar-refractivity contribution in [1.29, 1.82) is 0 Å². The van der Waals surface area contributed by atoms with Crippen molar-refractivity contribution in [3.63, 3.8) is 0 Å². The van der Waals surface area contributed by atoms with Crippen LogP contribution in [0.2, 0.25) is 4.34 Å². The van der Waals surface area contributed by atoms with Gasteiger partial charge in [-0.25, -0.2) is 4.99 Å². The third-order valence-electron chi connectivity index (χ3n) is 4.60. The van der Waals surface area contributed by atoms with Crippen LogP contribution in [0.4, 0.5) is 0 Å².